The number of benzene rings is 1. The van der Waals surface area contributed by atoms with Crippen LogP contribution in [0.4, 0.5) is 0 Å². The summed E-state index contributed by atoms with van der Waals surface area (Å²) in [6.45, 7) is 2.07. The number of nitrogens with one attached hydrogen (secondary N) is 1. The highest BCUT2D eigenvalue weighted by Gasteiger charge is 2.21. The molecule has 0 saturated heterocycles. The first-order valence-corrected chi connectivity index (χ1v) is 8.63. The second-order valence-corrected chi connectivity index (χ2v) is 7.42. The summed E-state index contributed by atoms with van der Waals surface area (Å²) >= 11 is 11.9. The predicted molar refractivity (Wildman–Crippen MR) is 80.9 cm³/mol. The molecular weight excluding hydrogens is 305 g/mol. The lowest BCUT2D eigenvalue weighted by Crippen LogP contribution is -2.21. The Bertz CT molecular complexity index is 497. The number of hydrogen-bond acceptors (Lipinski definition) is 3. The van der Waals surface area contributed by atoms with Crippen LogP contribution in [-0.2, 0) is 9.84 Å². The Kier molecular flexibility index (Phi) is 6.60. The average Bonchev–Trinajstić information content (AvgIpc) is 2.33. The second kappa shape index (κ2) is 7.48. The highest BCUT2D eigenvalue weighted by atomic mass is 35.5. The van der Waals surface area contributed by atoms with Crippen molar-refractivity contribution < 1.29 is 8.42 Å². The number of rotatable bonds is 7. The van der Waals surface area contributed by atoms with Crippen molar-refractivity contribution in [2.24, 2.45) is 0 Å². The number of sulfone groups is 1. The van der Waals surface area contributed by atoms with Crippen molar-refractivity contribution in [3.05, 3.63) is 28.2 Å². The van der Waals surface area contributed by atoms with Crippen LogP contribution in [0.2, 0.25) is 10.0 Å². The topological polar surface area (TPSA) is 46.2 Å². The van der Waals surface area contributed by atoms with Gasteiger partial charge in [0.05, 0.1) is 15.8 Å². The quantitative estimate of drug-likeness (QED) is 0.780. The molecule has 6 heteroatoms. The minimum Gasteiger partial charge on any atom is -0.317 e. The van der Waals surface area contributed by atoms with E-state index in [1.807, 2.05) is 7.05 Å². The number of halogens is 2. The van der Waals surface area contributed by atoms with Crippen molar-refractivity contribution in [1.82, 2.24) is 5.32 Å². The van der Waals surface area contributed by atoms with Crippen LogP contribution < -0.4 is 5.32 Å². The maximum absolute atomic E-state index is 12.2. The first-order valence-electron chi connectivity index (χ1n) is 6.22. The van der Waals surface area contributed by atoms with E-state index in [4.69, 9.17) is 23.2 Å². The molecule has 1 unspecified atom stereocenters. The molecule has 1 N–H and O–H groups in total. The normalized spacial score (nSPS) is 13.5. The Morgan fingerprint density at radius 2 is 1.79 bits per heavy atom. The van der Waals surface area contributed by atoms with E-state index in [1.165, 1.54) is 0 Å². The lowest BCUT2D eigenvalue weighted by molar-refractivity contribution is 0.533. The molecule has 108 valence electrons. The zero-order valence-electron chi connectivity index (χ0n) is 11.1. The molecule has 1 aromatic carbocycles. The molecule has 0 bridgehead atoms. The zero-order chi connectivity index (χ0) is 14.5. The molecule has 1 aromatic rings. The first-order chi connectivity index (χ1) is 8.88. The van der Waals surface area contributed by atoms with Gasteiger partial charge in [0.1, 0.15) is 4.90 Å². The summed E-state index contributed by atoms with van der Waals surface area (Å²) in [6, 6.07) is 5.12. The molecule has 0 amide bonds. The zero-order valence-corrected chi connectivity index (χ0v) is 13.4. The van der Waals surface area contributed by atoms with E-state index in [0.29, 0.717) is 12.5 Å². The molecule has 0 fully saturated rings. The molecule has 0 radical (unpaired) electrons. The molecule has 1 atom stereocenters. The van der Waals surface area contributed by atoms with Gasteiger partial charge in [-0.25, -0.2) is 8.42 Å². The van der Waals surface area contributed by atoms with Crippen molar-refractivity contribution in [2.75, 3.05) is 12.8 Å². The maximum Gasteiger partial charge on any atom is 0.181 e. The number of hydrogen-bond donors (Lipinski definition) is 1. The highest BCUT2D eigenvalue weighted by molar-refractivity contribution is 7.91. The summed E-state index contributed by atoms with van der Waals surface area (Å²) in [5.41, 5.74) is 0. The summed E-state index contributed by atoms with van der Waals surface area (Å²) in [5.74, 6) is 0.0763. The van der Waals surface area contributed by atoms with E-state index in [0.717, 1.165) is 12.8 Å². The fourth-order valence-corrected chi connectivity index (χ4v) is 4.39. The van der Waals surface area contributed by atoms with Gasteiger partial charge in [-0.3, -0.25) is 0 Å². The van der Waals surface area contributed by atoms with Crippen molar-refractivity contribution in [3.63, 3.8) is 0 Å². The van der Waals surface area contributed by atoms with Crippen LogP contribution in [0.5, 0.6) is 0 Å². The lowest BCUT2D eigenvalue weighted by Gasteiger charge is -2.11. The SMILES string of the molecule is CNC(C)CCCCS(=O)(=O)c1c(Cl)cccc1Cl. The highest BCUT2D eigenvalue weighted by Crippen LogP contribution is 2.30. The molecule has 0 spiro atoms. The van der Waals surface area contributed by atoms with Crippen LogP contribution in [0, 0.1) is 0 Å². The van der Waals surface area contributed by atoms with Gasteiger partial charge in [-0.2, -0.15) is 0 Å². The van der Waals surface area contributed by atoms with Gasteiger partial charge in [0.15, 0.2) is 9.84 Å². The maximum atomic E-state index is 12.2. The standard InChI is InChI=1S/C13H19Cl2NO2S/c1-10(16-2)6-3-4-9-19(17,18)13-11(14)7-5-8-12(13)15/h5,7-8,10,16H,3-4,6,9H2,1-2H3. The lowest BCUT2D eigenvalue weighted by atomic mass is 10.1. The van der Waals surface area contributed by atoms with E-state index in [9.17, 15) is 8.42 Å². The summed E-state index contributed by atoms with van der Waals surface area (Å²) in [7, 11) is -1.52. The van der Waals surface area contributed by atoms with Gasteiger partial charge in [-0.1, -0.05) is 35.7 Å². The summed E-state index contributed by atoms with van der Waals surface area (Å²) in [6.07, 6.45) is 2.40. The average molecular weight is 324 g/mol. The van der Waals surface area contributed by atoms with Gasteiger partial charge < -0.3 is 5.32 Å². The third-order valence-corrected chi connectivity index (χ3v) is 5.76. The van der Waals surface area contributed by atoms with Gasteiger partial charge >= 0.3 is 0 Å². The smallest absolute Gasteiger partial charge is 0.181 e. The molecule has 0 aliphatic carbocycles. The van der Waals surface area contributed by atoms with Crippen LogP contribution in [-0.4, -0.2) is 27.3 Å². The third-order valence-electron chi connectivity index (χ3n) is 3.02. The fraction of sp³-hybridized carbons (Fsp3) is 0.538. The summed E-state index contributed by atoms with van der Waals surface area (Å²) in [5, 5.41) is 3.50. The van der Waals surface area contributed by atoms with Crippen molar-refractivity contribution in [2.45, 2.75) is 37.1 Å². The van der Waals surface area contributed by atoms with Crippen LogP contribution in [0.25, 0.3) is 0 Å². The van der Waals surface area contributed by atoms with Gasteiger partial charge in [-0.15, -0.1) is 0 Å². The Labute approximate surface area is 125 Å². The second-order valence-electron chi connectivity index (χ2n) is 4.56. The van der Waals surface area contributed by atoms with E-state index in [1.54, 1.807) is 18.2 Å². The molecule has 0 aromatic heterocycles. The molecule has 3 nitrogen and oxygen atoms in total. The molecule has 19 heavy (non-hydrogen) atoms. The Balaban J connectivity index is 2.67. The van der Waals surface area contributed by atoms with Crippen molar-refractivity contribution in [3.8, 4) is 0 Å². The Morgan fingerprint density at radius 1 is 1.21 bits per heavy atom. The van der Waals surface area contributed by atoms with Gasteiger partial charge in [0, 0.05) is 6.04 Å². The van der Waals surface area contributed by atoms with E-state index in [2.05, 4.69) is 12.2 Å². The minimum atomic E-state index is -3.41. The van der Waals surface area contributed by atoms with E-state index in [-0.39, 0.29) is 20.7 Å². The van der Waals surface area contributed by atoms with Gasteiger partial charge in [0.2, 0.25) is 0 Å². The van der Waals surface area contributed by atoms with Crippen LogP contribution >= 0.6 is 23.2 Å². The monoisotopic (exact) mass is 323 g/mol. The fourth-order valence-electron chi connectivity index (χ4n) is 1.77. The van der Waals surface area contributed by atoms with Crippen LogP contribution in [0.3, 0.4) is 0 Å². The van der Waals surface area contributed by atoms with Crippen molar-refractivity contribution in [1.29, 1.82) is 0 Å². The molecule has 1 rings (SSSR count). The predicted octanol–water partition coefficient (Wildman–Crippen LogP) is 3.55. The molecule has 0 aliphatic rings. The van der Waals surface area contributed by atoms with Crippen LogP contribution in [0.1, 0.15) is 26.2 Å². The summed E-state index contributed by atoms with van der Waals surface area (Å²) < 4.78 is 24.4. The third kappa shape index (κ3) is 4.95. The van der Waals surface area contributed by atoms with Gasteiger partial charge in [0.25, 0.3) is 0 Å². The van der Waals surface area contributed by atoms with Crippen molar-refractivity contribution >= 4 is 33.0 Å². The van der Waals surface area contributed by atoms with E-state index < -0.39 is 9.84 Å². The molecule has 0 saturated carbocycles. The number of unbranched alkanes of at least 4 members (excludes halogenated alkanes) is 1. The van der Waals surface area contributed by atoms with E-state index >= 15 is 0 Å². The van der Waals surface area contributed by atoms with Gasteiger partial charge in [-0.05, 0) is 38.9 Å². The molecular formula is C13H19Cl2NO2S. The summed E-state index contributed by atoms with van der Waals surface area (Å²) in [4.78, 5) is 0.0556. The largest absolute Gasteiger partial charge is 0.317 e. The Hall–Kier alpha value is -0.290. The minimum absolute atomic E-state index is 0.0556. The first kappa shape index (κ1) is 16.8. The van der Waals surface area contributed by atoms with Crippen LogP contribution in [0.15, 0.2) is 23.1 Å². The molecule has 0 heterocycles. The Morgan fingerprint density at radius 3 is 2.32 bits per heavy atom. The molecule has 0 aliphatic heterocycles.